The van der Waals surface area contributed by atoms with Gasteiger partial charge in [-0.3, -0.25) is 0 Å². The van der Waals surface area contributed by atoms with Gasteiger partial charge in [0.1, 0.15) is 0 Å². The number of aliphatic hydroxyl groups is 1. The minimum absolute atomic E-state index is 0.0810. The summed E-state index contributed by atoms with van der Waals surface area (Å²) in [6.45, 7) is 1.90. The van der Waals surface area contributed by atoms with Crippen LogP contribution in [0.15, 0.2) is 11.3 Å². The summed E-state index contributed by atoms with van der Waals surface area (Å²) >= 11 is 0. The van der Waals surface area contributed by atoms with Crippen molar-refractivity contribution in [2.75, 3.05) is 6.61 Å². The van der Waals surface area contributed by atoms with Crippen molar-refractivity contribution in [1.29, 1.82) is 0 Å². The third-order valence-electron chi connectivity index (χ3n) is 1.27. The maximum atomic E-state index is 10.6. The lowest BCUT2D eigenvalue weighted by molar-refractivity contribution is -0.135. The molecule has 3 nitrogen and oxygen atoms in total. The third kappa shape index (κ3) is 1.04. The zero-order valence-electron chi connectivity index (χ0n) is 5.18. The van der Waals surface area contributed by atoms with Gasteiger partial charge in [-0.1, -0.05) is 0 Å². The van der Waals surface area contributed by atoms with Crippen LogP contribution in [0.5, 0.6) is 0 Å². The van der Waals surface area contributed by atoms with Gasteiger partial charge in [0, 0.05) is 6.42 Å². The number of cyclic esters (lactones) is 1. The molecule has 0 aromatic rings. The third-order valence-corrected chi connectivity index (χ3v) is 1.27. The number of aliphatic hydroxyl groups excluding tert-OH is 1. The minimum atomic E-state index is -0.380. The summed E-state index contributed by atoms with van der Waals surface area (Å²) in [5, 5.41) is 8.80. The van der Waals surface area contributed by atoms with Crippen LogP contribution in [0.2, 0.25) is 0 Å². The molecule has 1 saturated heterocycles. The Morgan fingerprint density at radius 1 is 1.78 bits per heavy atom. The van der Waals surface area contributed by atoms with Gasteiger partial charge in [-0.15, -0.1) is 0 Å². The Hall–Kier alpha value is -0.990. The second-order valence-corrected chi connectivity index (χ2v) is 1.95. The average Bonchev–Trinajstić information content (AvgIpc) is 2.13. The molecule has 0 bridgehead atoms. The van der Waals surface area contributed by atoms with Crippen molar-refractivity contribution < 1.29 is 14.6 Å². The van der Waals surface area contributed by atoms with Gasteiger partial charge in [0.25, 0.3) is 0 Å². The van der Waals surface area contributed by atoms with Crippen molar-refractivity contribution in [3.05, 3.63) is 11.3 Å². The van der Waals surface area contributed by atoms with Crippen LogP contribution < -0.4 is 0 Å². The largest absolute Gasteiger partial charge is 0.512 e. The van der Waals surface area contributed by atoms with E-state index in [-0.39, 0.29) is 11.7 Å². The first-order chi connectivity index (χ1) is 4.22. The second-order valence-electron chi connectivity index (χ2n) is 1.95. The molecule has 0 amide bonds. The van der Waals surface area contributed by atoms with E-state index in [1.54, 1.807) is 0 Å². The van der Waals surface area contributed by atoms with Crippen LogP contribution in [0, 0.1) is 0 Å². The van der Waals surface area contributed by atoms with Crippen molar-refractivity contribution >= 4 is 5.97 Å². The van der Waals surface area contributed by atoms with E-state index in [2.05, 4.69) is 4.74 Å². The number of rotatable bonds is 0. The summed E-state index contributed by atoms with van der Waals surface area (Å²) in [5.74, 6) is -0.299. The van der Waals surface area contributed by atoms with E-state index >= 15 is 0 Å². The van der Waals surface area contributed by atoms with E-state index in [0.29, 0.717) is 18.6 Å². The Morgan fingerprint density at radius 3 is 2.67 bits per heavy atom. The van der Waals surface area contributed by atoms with E-state index < -0.39 is 0 Å². The molecule has 1 aliphatic rings. The highest BCUT2D eigenvalue weighted by Gasteiger charge is 2.20. The molecule has 1 rings (SSSR count). The molecule has 0 spiro atoms. The van der Waals surface area contributed by atoms with Gasteiger partial charge in [0.15, 0.2) is 0 Å². The summed E-state index contributed by atoms with van der Waals surface area (Å²) in [5.41, 5.74) is 0.412. The van der Waals surface area contributed by atoms with Crippen molar-refractivity contribution in [3.8, 4) is 0 Å². The fraction of sp³-hybridized carbons (Fsp3) is 0.500. The van der Waals surface area contributed by atoms with Crippen LogP contribution in [-0.4, -0.2) is 17.7 Å². The molecule has 0 radical (unpaired) electrons. The normalized spacial score (nSPS) is 23.9. The zero-order chi connectivity index (χ0) is 6.85. The molecule has 0 saturated carbocycles. The average molecular weight is 128 g/mol. The molecule has 0 aromatic heterocycles. The predicted octanol–water partition coefficient (Wildman–Crippen LogP) is 0.765. The van der Waals surface area contributed by atoms with Gasteiger partial charge >= 0.3 is 5.97 Å². The van der Waals surface area contributed by atoms with Crippen LogP contribution in [0.25, 0.3) is 0 Å². The summed E-state index contributed by atoms with van der Waals surface area (Å²) in [7, 11) is 0. The quantitative estimate of drug-likeness (QED) is 0.297. The number of hydrogen-bond acceptors (Lipinski definition) is 3. The Bertz CT molecular complexity index is 165. The molecule has 1 fully saturated rings. The SMILES string of the molecule is C/C(O)=C1/CCOC1=O. The van der Waals surface area contributed by atoms with Crippen LogP contribution in [0.1, 0.15) is 13.3 Å². The second kappa shape index (κ2) is 2.09. The number of allylic oxidation sites excluding steroid dienone is 1. The molecule has 0 aromatic carbocycles. The van der Waals surface area contributed by atoms with Crippen molar-refractivity contribution in [2.24, 2.45) is 0 Å². The molecule has 1 N–H and O–H groups in total. The predicted molar refractivity (Wildman–Crippen MR) is 30.9 cm³/mol. The first-order valence-corrected chi connectivity index (χ1v) is 2.77. The molecule has 50 valence electrons. The summed E-state index contributed by atoms with van der Waals surface area (Å²) in [4.78, 5) is 10.6. The lowest BCUT2D eigenvalue weighted by atomic mass is 10.2. The Labute approximate surface area is 52.9 Å². The number of ether oxygens (including phenoxy) is 1. The fourth-order valence-corrected chi connectivity index (χ4v) is 0.764. The fourth-order valence-electron chi connectivity index (χ4n) is 0.764. The van der Waals surface area contributed by atoms with E-state index in [9.17, 15) is 4.79 Å². The maximum Gasteiger partial charge on any atom is 0.337 e. The Morgan fingerprint density at radius 2 is 2.44 bits per heavy atom. The molecule has 0 atom stereocenters. The topological polar surface area (TPSA) is 46.5 Å². The maximum absolute atomic E-state index is 10.6. The van der Waals surface area contributed by atoms with Crippen molar-refractivity contribution in [3.63, 3.8) is 0 Å². The standard InChI is InChI=1S/C6H8O3/c1-4(7)5-2-3-9-6(5)8/h7H,2-3H2,1H3/b5-4+. The molecular weight excluding hydrogens is 120 g/mol. The van der Waals surface area contributed by atoms with Gasteiger partial charge in [0.05, 0.1) is 17.9 Å². The van der Waals surface area contributed by atoms with E-state index in [0.717, 1.165) is 0 Å². The first kappa shape index (κ1) is 6.13. The number of esters is 1. The monoisotopic (exact) mass is 128 g/mol. The van der Waals surface area contributed by atoms with Crippen molar-refractivity contribution in [2.45, 2.75) is 13.3 Å². The highest BCUT2D eigenvalue weighted by molar-refractivity contribution is 5.90. The van der Waals surface area contributed by atoms with Crippen LogP contribution in [0.3, 0.4) is 0 Å². The molecule has 0 unspecified atom stereocenters. The molecule has 1 aliphatic heterocycles. The van der Waals surface area contributed by atoms with Gasteiger partial charge in [-0.05, 0) is 6.92 Å². The summed E-state index contributed by atoms with van der Waals surface area (Å²) in [6.07, 6.45) is 0.543. The lowest BCUT2D eigenvalue weighted by Crippen LogP contribution is -1.96. The van der Waals surface area contributed by atoms with E-state index in [1.807, 2.05) is 0 Å². The Kier molecular flexibility index (Phi) is 1.42. The smallest absolute Gasteiger partial charge is 0.337 e. The van der Waals surface area contributed by atoms with Gasteiger partial charge < -0.3 is 9.84 Å². The first-order valence-electron chi connectivity index (χ1n) is 2.77. The molecule has 0 aliphatic carbocycles. The highest BCUT2D eigenvalue weighted by Crippen LogP contribution is 2.15. The molecule has 1 heterocycles. The van der Waals surface area contributed by atoms with E-state index in [1.165, 1.54) is 6.92 Å². The minimum Gasteiger partial charge on any atom is -0.512 e. The van der Waals surface area contributed by atoms with E-state index in [4.69, 9.17) is 5.11 Å². The Balaban J connectivity index is 2.83. The molecule has 9 heavy (non-hydrogen) atoms. The number of carbonyl (C=O) groups is 1. The van der Waals surface area contributed by atoms with Crippen LogP contribution in [-0.2, 0) is 9.53 Å². The number of hydrogen-bond donors (Lipinski definition) is 1. The summed E-state index contributed by atoms with van der Waals surface area (Å²) in [6, 6.07) is 0. The van der Waals surface area contributed by atoms with Crippen LogP contribution in [0.4, 0.5) is 0 Å². The molecule has 3 heteroatoms. The van der Waals surface area contributed by atoms with Crippen LogP contribution >= 0.6 is 0 Å². The van der Waals surface area contributed by atoms with Crippen molar-refractivity contribution in [1.82, 2.24) is 0 Å². The molecular formula is C6H8O3. The lowest BCUT2D eigenvalue weighted by Gasteiger charge is -1.90. The van der Waals surface area contributed by atoms with Gasteiger partial charge in [-0.2, -0.15) is 0 Å². The highest BCUT2D eigenvalue weighted by atomic mass is 16.5. The number of carbonyl (C=O) groups excluding carboxylic acids is 1. The zero-order valence-corrected chi connectivity index (χ0v) is 5.18. The van der Waals surface area contributed by atoms with Gasteiger partial charge in [0.2, 0.25) is 0 Å². The summed E-state index contributed by atoms with van der Waals surface area (Å²) < 4.78 is 4.57. The van der Waals surface area contributed by atoms with Gasteiger partial charge in [-0.25, -0.2) is 4.79 Å².